The van der Waals surface area contributed by atoms with Crippen molar-refractivity contribution in [1.29, 1.82) is 0 Å². The van der Waals surface area contributed by atoms with Crippen LogP contribution in [0.4, 0.5) is 5.69 Å². The van der Waals surface area contributed by atoms with Crippen LogP contribution in [-0.4, -0.2) is 35.1 Å². The van der Waals surface area contributed by atoms with Gasteiger partial charge in [-0.05, 0) is 74.7 Å². The number of phenols is 1. The van der Waals surface area contributed by atoms with Gasteiger partial charge in [0.05, 0.1) is 24.8 Å². The van der Waals surface area contributed by atoms with E-state index in [-0.39, 0.29) is 17.1 Å². The molecule has 0 bridgehead atoms. The van der Waals surface area contributed by atoms with Gasteiger partial charge in [-0.3, -0.25) is 14.5 Å². The molecular formula is C29H29NO6. The molecule has 1 amide bonds. The second-order valence-corrected chi connectivity index (χ2v) is 8.56. The average Bonchev–Trinajstić information content (AvgIpc) is 3.12. The number of aliphatic hydroxyl groups excluding tert-OH is 1. The number of amides is 1. The summed E-state index contributed by atoms with van der Waals surface area (Å²) >= 11 is 0. The van der Waals surface area contributed by atoms with Crippen LogP contribution in [0.15, 0.2) is 66.2 Å². The standard InChI is InChI=1S/C29H29NO6/c1-5-35-23-14-11-21(16-24(23)36-6-2)30-26(19-9-12-22(31)13-10-19)25(28(33)29(30)34)27(32)20-8-7-17(3)18(4)15-20/h7-16,26,31-32H,5-6H2,1-4H3/b27-25+. The van der Waals surface area contributed by atoms with Crippen LogP contribution in [0.3, 0.4) is 0 Å². The molecule has 4 rings (SSSR count). The van der Waals surface area contributed by atoms with Crippen molar-refractivity contribution in [2.75, 3.05) is 18.1 Å². The van der Waals surface area contributed by atoms with Gasteiger partial charge in [-0.2, -0.15) is 0 Å². The Balaban J connectivity index is 1.92. The van der Waals surface area contributed by atoms with E-state index >= 15 is 0 Å². The normalized spacial score (nSPS) is 16.9. The van der Waals surface area contributed by atoms with Gasteiger partial charge in [0, 0.05) is 17.3 Å². The first kappa shape index (κ1) is 24.9. The quantitative estimate of drug-likeness (QED) is 0.262. The zero-order chi connectivity index (χ0) is 26.0. The molecule has 7 nitrogen and oxygen atoms in total. The van der Waals surface area contributed by atoms with Crippen LogP contribution >= 0.6 is 0 Å². The van der Waals surface area contributed by atoms with Gasteiger partial charge in [0.15, 0.2) is 11.5 Å². The van der Waals surface area contributed by atoms with Crippen LogP contribution in [0, 0.1) is 13.8 Å². The number of aliphatic hydroxyl groups is 1. The molecule has 2 N–H and O–H groups in total. The molecular weight excluding hydrogens is 458 g/mol. The fourth-order valence-electron chi connectivity index (χ4n) is 4.30. The smallest absolute Gasteiger partial charge is 0.300 e. The summed E-state index contributed by atoms with van der Waals surface area (Å²) in [6, 6.07) is 15.7. The Morgan fingerprint density at radius 2 is 1.53 bits per heavy atom. The van der Waals surface area contributed by atoms with Crippen molar-refractivity contribution >= 4 is 23.1 Å². The minimum absolute atomic E-state index is 0.0270. The Hall–Kier alpha value is -4.26. The van der Waals surface area contributed by atoms with Crippen molar-refractivity contribution in [2.45, 2.75) is 33.7 Å². The molecule has 1 saturated heterocycles. The minimum Gasteiger partial charge on any atom is -0.508 e. The van der Waals surface area contributed by atoms with Gasteiger partial charge in [-0.15, -0.1) is 0 Å². The Labute approximate surface area is 210 Å². The average molecular weight is 488 g/mol. The summed E-state index contributed by atoms with van der Waals surface area (Å²) in [4.78, 5) is 28.1. The van der Waals surface area contributed by atoms with Crippen LogP contribution < -0.4 is 14.4 Å². The number of phenolic OH excluding ortho intramolecular Hbond substituents is 1. The first-order chi connectivity index (χ1) is 17.3. The highest BCUT2D eigenvalue weighted by molar-refractivity contribution is 6.51. The first-order valence-electron chi connectivity index (χ1n) is 11.8. The Morgan fingerprint density at radius 1 is 0.861 bits per heavy atom. The Kier molecular flexibility index (Phi) is 7.01. The van der Waals surface area contributed by atoms with E-state index in [1.54, 1.807) is 42.5 Å². The number of Topliss-reactive ketones (excluding diaryl/α,β-unsaturated/α-hetero) is 1. The van der Waals surface area contributed by atoms with Crippen LogP contribution in [0.2, 0.25) is 0 Å². The van der Waals surface area contributed by atoms with Crippen molar-refractivity contribution in [3.63, 3.8) is 0 Å². The van der Waals surface area contributed by atoms with Gasteiger partial charge in [-0.1, -0.05) is 24.3 Å². The number of carbonyl (C=O) groups is 2. The van der Waals surface area contributed by atoms with E-state index in [2.05, 4.69) is 0 Å². The molecule has 1 heterocycles. The molecule has 186 valence electrons. The highest BCUT2D eigenvalue weighted by Crippen LogP contribution is 2.44. The summed E-state index contributed by atoms with van der Waals surface area (Å²) in [6.45, 7) is 8.39. The first-order valence-corrected chi connectivity index (χ1v) is 11.8. The van der Waals surface area contributed by atoms with Crippen molar-refractivity contribution in [1.82, 2.24) is 0 Å². The SMILES string of the molecule is CCOc1ccc(N2C(=O)C(=O)/C(=C(/O)c3ccc(C)c(C)c3)C2c2ccc(O)cc2)cc1OCC. The van der Waals surface area contributed by atoms with Crippen molar-refractivity contribution < 1.29 is 29.3 Å². The third-order valence-electron chi connectivity index (χ3n) is 6.24. The molecule has 36 heavy (non-hydrogen) atoms. The molecule has 1 fully saturated rings. The number of aryl methyl sites for hydroxylation is 2. The topological polar surface area (TPSA) is 96.3 Å². The van der Waals surface area contributed by atoms with Crippen LogP contribution in [0.5, 0.6) is 17.2 Å². The minimum atomic E-state index is -0.917. The number of aromatic hydroxyl groups is 1. The highest BCUT2D eigenvalue weighted by atomic mass is 16.5. The summed E-state index contributed by atoms with van der Waals surface area (Å²) in [5, 5.41) is 21.1. The van der Waals surface area contributed by atoms with Gasteiger partial charge < -0.3 is 19.7 Å². The number of anilines is 1. The number of hydrogen-bond acceptors (Lipinski definition) is 6. The van der Waals surface area contributed by atoms with Crippen LogP contribution in [0.1, 0.15) is 42.1 Å². The lowest BCUT2D eigenvalue weighted by Gasteiger charge is -2.26. The number of ketones is 1. The number of rotatable bonds is 7. The van der Waals surface area contributed by atoms with Crippen LogP contribution in [0.25, 0.3) is 5.76 Å². The van der Waals surface area contributed by atoms with Crippen molar-refractivity contribution in [2.24, 2.45) is 0 Å². The predicted molar refractivity (Wildman–Crippen MR) is 138 cm³/mol. The van der Waals surface area contributed by atoms with E-state index in [0.717, 1.165) is 11.1 Å². The summed E-state index contributed by atoms with van der Waals surface area (Å²) in [7, 11) is 0. The summed E-state index contributed by atoms with van der Waals surface area (Å²) in [6.07, 6.45) is 0. The molecule has 0 aromatic heterocycles. The number of carbonyl (C=O) groups excluding carboxylic acids is 2. The van der Waals surface area contributed by atoms with E-state index < -0.39 is 17.7 Å². The number of benzene rings is 3. The van der Waals surface area contributed by atoms with Gasteiger partial charge in [0.2, 0.25) is 0 Å². The number of nitrogens with zero attached hydrogens (tertiary/aromatic N) is 1. The van der Waals surface area contributed by atoms with E-state index in [1.165, 1.54) is 17.0 Å². The summed E-state index contributed by atoms with van der Waals surface area (Å²) in [5.41, 5.74) is 3.38. The monoisotopic (exact) mass is 487 g/mol. The fourth-order valence-corrected chi connectivity index (χ4v) is 4.30. The molecule has 3 aromatic rings. The molecule has 0 aliphatic carbocycles. The molecule has 0 saturated carbocycles. The molecule has 1 aliphatic heterocycles. The Morgan fingerprint density at radius 3 is 2.17 bits per heavy atom. The lowest BCUT2D eigenvalue weighted by atomic mass is 9.94. The van der Waals surface area contributed by atoms with Gasteiger partial charge in [-0.25, -0.2) is 0 Å². The number of hydrogen-bond donors (Lipinski definition) is 2. The van der Waals surface area contributed by atoms with Crippen LogP contribution in [-0.2, 0) is 9.59 Å². The largest absolute Gasteiger partial charge is 0.508 e. The highest BCUT2D eigenvalue weighted by Gasteiger charge is 2.47. The molecule has 0 radical (unpaired) electrons. The van der Waals surface area contributed by atoms with Gasteiger partial charge >= 0.3 is 0 Å². The zero-order valence-corrected chi connectivity index (χ0v) is 20.7. The third kappa shape index (κ3) is 4.52. The molecule has 1 unspecified atom stereocenters. The maximum absolute atomic E-state index is 13.4. The Bertz CT molecular complexity index is 1340. The van der Waals surface area contributed by atoms with Gasteiger partial charge in [0.1, 0.15) is 11.5 Å². The number of ether oxygens (including phenoxy) is 2. The van der Waals surface area contributed by atoms with Crippen molar-refractivity contribution in [3.8, 4) is 17.2 Å². The van der Waals surface area contributed by atoms with Gasteiger partial charge in [0.25, 0.3) is 11.7 Å². The lowest BCUT2D eigenvalue weighted by molar-refractivity contribution is -0.132. The maximum Gasteiger partial charge on any atom is 0.300 e. The van der Waals surface area contributed by atoms with Crippen molar-refractivity contribution in [3.05, 3.63) is 88.5 Å². The second kappa shape index (κ2) is 10.2. The fraction of sp³-hybridized carbons (Fsp3) is 0.241. The maximum atomic E-state index is 13.4. The lowest BCUT2D eigenvalue weighted by Crippen LogP contribution is -2.29. The molecule has 7 heteroatoms. The zero-order valence-electron chi connectivity index (χ0n) is 20.7. The summed E-state index contributed by atoms with van der Waals surface area (Å²) in [5.74, 6) is -0.813. The second-order valence-electron chi connectivity index (χ2n) is 8.56. The predicted octanol–water partition coefficient (Wildman–Crippen LogP) is 5.43. The van der Waals surface area contributed by atoms with E-state index in [0.29, 0.717) is 41.5 Å². The molecule has 1 atom stereocenters. The molecule has 1 aliphatic rings. The molecule has 3 aromatic carbocycles. The summed E-state index contributed by atoms with van der Waals surface area (Å²) < 4.78 is 11.4. The molecule has 0 spiro atoms. The van der Waals surface area contributed by atoms with E-state index in [9.17, 15) is 19.8 Å². The third-order valence-corrected chi connectivity index (χ3v) is 6.24. The van der Waals surface area contributed by atoms with E-state index in [1.807, 2.05) is 33.8 Å². The van der Waals surface area contributed by atoms with E-state index in [4.69, 9.17) is 9.47 Å².